The maximum absolute atomic E-state index is 12.7. The first-order chi connectivity index (χ1) is 14.1. The summed E-state index contributed by atoms with van der Waals surface area (Å²) in [6.45, 7) is 3.53. The van der Waals surface area contributed by atoms with E-state index in [1.807, 2.05) is 24.3 Å². The summed E-state index contributed by atoms with van der Waals surface area (Å²) < 4.78 is 7.71. The van der Waals surface area contributed by atoms with Crippen LogP contribution in [0.25, 0.3) is 0 Å². The number of fused-ring (bicyclic) bond motifs is 2. The molecular weight excluding hydrogens is 370 g/mol. The average molecular weight is 397 g/mol. The first-order valence-corrected chi connectivity index (χ1v) is 10.0. The van der Waals surface area contributed by atoms with Gasteiger partial charge in [-0.2, -0.15) is 4.98 Å². The number of likely N-dealkylation sites (tertiary alicyclic amines) is 1. The molecule has 154 valence electrons. The standard InChI is InChI=1S/C20H27N7O2/c21-19(22)23-9-4-11-26-10-3-5-14(8-12-26)27-13-17-18(25-20(27)28)24-15-6-1-2-7-16(15)29-17/h1-2,6-7,13-14H,3-5,8-12H2,(H4,21,22,23)(H,24,25,28). The number of anilines is 2. The van der Waals surface area contributed by atoms with Gasteiger partial charge in [0.2, 0.25) is 0 Å². The SMILES string of the molecule is NC(N)=NCCCN1CCCC(n2cc3c(nc2=O)Nc2ccccc2O3)CC1. The Bertz CT molecular complexity index is 952. The fourth-order valence-corrected chi connectivity index (χ4v) is 3.92. The van der Waals surface area contributed by atoms with Crippen molar-refractivity contribution in [2.45, 2.75) is 31.7 Å². The van der Waals surface area contributed by atoms with Gasteiger partial charge in [0.15, 0.2) is 23.3 Å². The lowest BCUT2D eigenvalue weighted by atomic mass is 10.1. The van der Waals surface area contributed by atoms with Gasteiger partial charge in [-0.15, -0.1) is 0 Å². The number of hydrogen-bond donors (Lipinski definition) is 3. The van der Waals surface area contributed by atoms with Gasteiger partial charge in [-0.1, -0.05) is 12.1 Å². The second kappa shape index (κ2) is 8.52. The molecule has 0 radical (unpaired) electrons. The number of aliphatic imine (C=N–C) groups is 1. The lowest BCUT2D eigenvalue weighted by Crippen LogP contribution is -2.30. The zero-order valence-electron chi connectivity index (χ0n) is 16.4. The predicted octanol–water partition coefficient (Wildman–Crippen LogP) is 1.78. The van der Waals surface area contributed by atoms with E-state index in [2.05, 4.69) is 20.2 Å². The number of ether oxygens (including phenoxy) is 1. The summed E-state index contributed by atoms with van der Waals surface area (Å²) in [4.78, 5) is 23.4. The van der Waals surface area contributed by atoms with E-state index in [9.17, 15) is 4.79 Å². The van der Waals surface area contributed by atoms with E-state index in [1.165, 1.54) is 0 Å². The Morgan fingerprint density at radius 3 is 2.97 bits per heavy atom. The monoisotopic (exact) mass is 397 g/mol. The molecule has 2 aliphatic heterocycles. The number of rotatable bonds is 5. The van der Waals surface area contributed by atoms with Crippen LogP contribution in [0.1, 0.15) is 31.7 Å². The summed E-state index contributed by atoms with van der Waals surface area (Å²) in [5.74, 6) is 1.93. The number of nitrogens with zero attached hydrogens (tertiary/aromatic N) is 4. The van der Waals surface area contributed by atoms with E-state index in [-0.39, 0.29) is 17.7 Å². The summed E-state index contributed by atoms with van der Waals surface area (Å²) in [6.07, 6.45) is 5.58. The molecule has 1 fully saturated rings. The average Bonchev–Trinajstić information content (AvgIpc) is 2.95. The molecule has 3 heterocycles. The van der Waals surface area contributed by atoms with Crippen LogP contribution in [0.3, 0.4) is 0 Å². The van der Waals surface area contributed by atoms with Crippen LogP contribution in [0.15, 0.2) is 40.2 Å². The molecule has 4 rings (SSSR count). The van der Waals surface area contributed by atoms with Crippen LogP contribution in [0.4, 0.5) is 11.5 Å². The zero-order valence-corrected chi connectivity index (χ0v) is 16.4. The fraction of sp³-hybridized carbons (Fsp3) is 0.450. The van der Waals surface area contributed by atoms with Crippen molar-refractivity contribution in [3.8, 4) is 11.5 Å². The molecule has 1 aromatic heterocycles. The van der Waals surface area contributed by atoms with Gasteiger partial charge in [-0.25, -0.2) is 4.79 Å². The number of hydrogen-bond acceptors (Lipinski definition) is 6. The molecule has 2 aromatic rings. The maximum atomic E-state index is 12.7. The van der Waals surface area contributed by atoms with E-state index in [0.717, 1.165) is 56.8 Å². The Kier molecular flexibility index (Phi) is 5.66. The summed E-state index contributed by atoms with van der Waals surface area (Å²) >= 11 is 0. The third kappa shape index (κ3) is 4.51. The molecule has 0 spiro atoms. The second-order valence-corrected chi connectivity index (χ2v) is 7.45. The molecule has 0 saturated carbocycles. The molecule has 29 heavy (non-hydrogen) atoms. The van der Waals surface area contributed by atoms with E-state index >= 15 is 0 Å². The normalized spacial score (nSPS) is 18.6. The third-order valence-electron chi connectivity index (χ3n) is 5.39. The number of nitrogens with one attached hydrogen (secondary N) is 1. The smallest absolute Gasteiger partial charge is 0.350 e. The second-order valence-electron chi connectivity index (χ2n) is 7.45. The van der Waals surface area contributed by atoms with E-state index in [4.69, 9.17) is 16.2 Å². The molecule has 1 atom stereocenters. The highest BCUT2D eigenvalue weighted by Crippen LogP contribution is 2.40. The quantitative estimate of drug-likeness (QED) is 0.340. The molecule has 0 amide bonds. The number of aromatic nitrogens is 2. The van der Waals surface area contributed by atoms with Crippen molar-refractivity contribution < 1.29 is 4.74 Å². The lowest BCUT2D eigenvalue weighted by Gasteiger charge is -2.24. The Morgan fingerprint density at radius 2 is 2.10 bits per heavy atom. The van der Waals surface area contributed by atoms with Crippen LogP contribution >= 0.6 is 0 Å². The van der Waals surface area contributed by atoms with Crippen LogP contribution in [-0.2, 0) is 0 Å². The largest absolute Gasteiger partial charge is 0.450 e. The van der Waals surface area contributed by atoms with Gasteiger partial charge in [0.25, 0.3) is 0 Å². The molecule has 9 heteroatoms. The summed E-state index contributed by atoms with van der Waals surface area (Å²) in [6, 6.07) is 7.74. The van der Waals surface area contributed by atoms with Gasteiger partial charge in [0.1, 0.15) is 0 Å². The lowest BCUT2D eigenvalue weighted by molar-refractivity contribution is 0.278. The van der Waals surface area contributed by atoms with E-state index in [0.29, 0.717) is 18.1 Å². The van der Waals surface area contributed by atoms with Crippen molar-refractivity contribution in [1.82, 2.24) is 14.5 Å². The zero-order chi connectivity index (χ0) is 20.2. The van der Waals surface area contributed by atoms with Crippen LogP contribution in [-0.4, -0.2) is 46.6 Å². The minimum atomic E-state index is -0.245. The molecule has 2 aliphatic rings. The van der Waals surface area contributed by atoms with Gasteiger partial charge in [-0.3, -0.25) is 9.56 Å². The van der Waals surface area contributed by atoms with Crippen LogP contribution in [0.5, 0.6) is 11.5 Å². The van der Waals surface area contributed by atoms with Crippen molar-refractivity contribution in [2.24, 2.45) is 16.5 Å². The molecule has 1 unspecified atom stereocenters. The minimum absolute atomic E-state index is 0.115. The van der Waals surface area contributed by atoms with Crippen molar-refractivity contribution in [2.75, 3.05) is 31.5 Å². The summed E-state index contributed by atoms with van der Waals surface area (Å²) in [7, 11) is 0. The van der Waals surface area contributed by atoms with Gasteiger partial charge in [-0.05, 0) is 50.9 Å². The predicted molar refractivity (Wildman–Crippen MR) is 113 cm³/mol. The first-order valence-electron chi connectivity index (χ1n) is 10.0. The molecule has 0 aliphatic carbocycles. The molecule has 1 saturated heterocycles. The van der Waals surface area contributed by atoms with E-state index in [1.54, 1.807) is 10.8 Å². The summed E-state index contributed by atoms with van der Waals surface area (Å²) in [5.41, 5.74) is 11.3. The van der Waals surface area contributed by atoms with Crippen molar-refractivity contribution >= 4 is 17.5 Å². The summed E-state index contributed by atoms with van der Waals surface area (Å²) in [5, 5.41) is 3.18. The molecule has 9 nitrogen and oxygen atoms in total. The van der Waals surface area contributed by atoms with Gasteiger partial charge in [0.05, 0.1) is 11.9 Å². The highest BCUT2D eigenvalue weighted by molar-refractivity contribution is 5.75. The highest BCUT2D eigenvalue weighted by atomic mass is 16.5. The Hall–Kier alpha value is -3.07. The van der Waals surface area contributed by atoms with Crippen LogP contribution < -0.4 is 27.2 Å². The van der Waals surface area contributed by atoms with Crippen molar-refractivity contribution in [1.29, 1.82) is 0 Å². The third-order valence-corrected chi connectivity index (χ3v) is 5.39. The molecular formula is C20H27N7O2. The maximum Gasteiger partial charge on any atom is 0.350 e. The van der Waals surface area contributed by atoms with E-state index < -0.39 is 0 Å². The number of benzene rings is 1. The van der Waals surface area contributed by atoms with Gasteiger partial charge >= 0.3 is 5.69 Å². The Labute approximate surface area is 169 Å². The minimum Gasteiger partial charge on any atom is -0.450 e. The Balaban J connectivity index is 1.43. The van der Waals surface area contributed by atoms with Crippen LogP contribution in [0.2, 0.25) is 0 Å². The van der Waals surface area contributed by atoms with Crippen molar-refractivity contribution in [3.63, 3.8) is 0 Å². The number of guanidine groups is 1. The van der Waals surface area contributed by atoms with Crippen molar-refractivity contribution in [3.05, 3.63) is 40.9 Å². The molecule has 0 bridgehead atoms. The Morgan fingerprint density at radius 1 is 1.24 bits per heavy atom. The highest BCUT2D eigenvalue weighted by Gasteiger charge is 2.23. The molecule has 1 aromatic carbocycles. The topological polar surface area (TPSA) is 124 Å². The number of nitrogens with two attached hydrogens (primary N) is 2. The van der Waals surface area contributed by atoms with Gasteiger partial charge in [0, 0.05) is 19.1 Å². The van der Waals surface area contributed by atoms with Crippen LogP contribution in [0, 0.1) is 0 Å². The fourth-order valence-electron chi connectivity index (χ4n) is 3.92. The van der Waals surface area contributed by atoms with Gasteiger partial charge < -0.3 is 26.4 Å². The first kappa shape index (κ1) is 19.3. The molecule has 5 N–H and O–H groups in total. The number of para-hydroxylation sites is 2.